The van der Waals surface area contributed by atoms with Gasteiger partial charge in [0.05, 0.1) is 0 Å². The van der Waals surface area contributed by atoms with E-state index in [1.54, 1.807) is 0 Å². The van der Waals surface area contributed by atoms with Crippen molar-refractivity contribution in [2.75, 3.05) is 0 Å². The molecule has 0 atom stereocenters. The van der Waals surface area contributed by atoms with E-state index >= 15 is 0 Å². The van der Waals surface area contributed by atoms with Crippen LogP contribution in [-0.2, 0) is 12.8 Å². The van der Waals surface area contributed by atoms with Gasteiger partial charge in [-0.3, -0.25) is 0 Å². The zero-order valence-electron chi connectivity index (χ0n) is 20.3. The molecule has 0 bridgehead atoms. The molecular formula is C32H37F. The second-order valence-electron chi connectivity index (χ2n) is 10.0. The van der Waals surface area contributed by atoms with Gasteiger partial charge in [-0.05, 0) is 78.3 Å². The summed E-state index contributed by atoms with van der Waals surface area (Å²) >= 11 is 0. The Balaban J connectivity index is 1.38. The van der Waals surface area contributed by atoms with E-state index in [0.717, 1.165) is 59.6 Å². The minimum atomic E-state index is -0.0681. The first kappa shape index (κ1) is 23.6. The van der Waals surface area contributed by atoms with Crippen LogP contribution in [0.25, 0.3) is 10.8 Å². The minimum absolute atomic E-state index is 0.0681. The standard InChI is InChI=1S/C32H37F/c1-3-4-5-6-29-20-21-30-23-28(19-22-31(30)32(29)33)18-17-27-15-13-26(14-16-27)12-11-25-9-7-24(2)8-10-25/h13-16,19-25H,3-12H2,1-2H3. The highest BCUT2D eigenvalue weighted by Crippen LogP contribution is 2.31. The number of hydrogen-bond acceptors (Lipinski definition) is 0. The topological polar surface area (TPSA) is 0 Å². The average Bonchev–Trinajstić information content (AvgIpc) is 2.84. The maximum absolute atomic E-state index is 14.9. The largest absolute Gasteiger partial charge is 0.206 e. The fourth-order valence-electron chi connectivity index (χ4n) is 5.06. The first-order valence-corrected chi connectivity index (χ1v) is 12.9. The third kappa shape index (κ3) is 6.48. The van der Waals surface area contributed by atoms with Crippen LogP contribution in [0.15, 0.2) is 54.6 Å². The third-order valence-electron chi connectivity index (χ3n) is 7.37. The van der Waals surface area contributed by atoms with Crippen LogP contribution in [0.5, 0.6) is 0 Å². The second-order valence-corrected chi connectivity index (χ2v) is 10.0. The van der Waals surface area contributed by atoms with Crippen molar-refractivity contribution < 1.29 is 4.39 Å². The van der Waals surface area contributed by atoms with E-state index in [-0.39, 0.29) is 5.82 Å². The van der Waals surface area contributed by atoms with E-state index in [2.05, 4.69) is 50.0 Å². The van der Waals surface area contributed by atoms with E-state index < -0.39 is 0 Å². The van der Waals surface area contributed by atoms with Gasteiger partial charge < -0.3 is 0 Å². The molecule has 0 nitrogen and oxygen atoms in total. The first-order chi connectivity index (χ1) is 16.1. The van der Waals surface area contributed by atoms with E-state index in [1.165, 1.54) is 44.1 Å². The quantitative estimate of drug-likeness (QED) is 0.254. The molecule has 0 spiro atoms. The van der Waals surface area contributed by atoms with Crippen molar-refractivity contribution in [3.8, 4) is 11.8 Å². The van der Waals surface area contributed by atoms with Crippen molar-refractivity contribution in [2.45, 2.75) is 78.1 Å². The van der Waals surface area contributed by atoms with Crippen LogP contribution in [0.1, 0.15) is 87.5 Å². The van der Waals surface area contributed by atoms with Crippen molar-refractivity contribution in [3.63, 3.8) is 0 Å². The van der Waals surface area contributed by atoms with Crippen LogP contribution in [0.2, 0.25) is 0 Å². The molecule has 0 radical (unpaired) electrons. The smallest absolute Gasteiger partial charge is 0.134 e. The number of benzene rings is 3. The fourth-order valence-corrected chi connectivity index (χ4v) is 5.06. The Kier molecular flexibility index (Phi) is 8.22. The van der Waals surface area contributed by atoms with Gasteiger partial charge >= 0.3 is 0 Å². The number of aryl methyl sites for hydroxylation is 2. The molecule has 1 aliphatic rings. The Morgan fingerprint density at radius 1 is 0.818 bits per heavy atom. The molecule has 0 N–H and O–H groups in total. The van der Waals surface area contributed by atoms with E-state index in [0.29, 0.717) is 5.39 Å². The molecule has 0 saturated heterocycles. The van der Waals surface area contributed by atoms with Gasteiger partial charge in [-0.15, -0.1) is 0 Å². The highest BCUT2D eigenvalue weighted by Gasteiger charge is 2.17. The first-order valence-electron chi connectivity index (χ1n) is 12.9. The van der Waals surface area contributed by atoms with E-state index in [9.17, 15) is 4.39 Å². The monoisotopic (exact) mass is 440 g/mol. The summed E-state index contributed by atoms with van der Waals surface area (Å²) in [6.07, 6.45) is 12.2. The number of fused-ring (bicyclic) bond motifs is 1. The molecule has 3 aromatic rings. The molecule has 172 valence electrons. The van der Waals surface area contributed by atoms with Crippen molar-refractivity contribution in [1.29, 1.82) is 0 Å². The Hall–Kier alpha value is -2.59. The zero-order chi connectivity index (χ0) is 23.0. The lowest BCUT2D eigenvalue weighted by Gasteiger charge is -2.26. The molecule has 1 fully saturated rings. The summed E-state index contributed by atoms with van der Waals surface area (Å²) in [4.78, 5) is 0. The molecule has 33 heavy (non-hydrogen) atoms. The third-order valence-corrected chi connectivity index (χ3v) is 7.37. The molecule has 0 amide bonds. The molecule has 0 aromatic heterocycles. The Morgan fingerprint density at radius 3 is 2.30 bits per heavy atom. The van der Waals surface area contributed by atoms with Crippen LogP contribution < -0.4 is 0 Å². The van der Waals surface area contributed by atoms with Gasteiger partial charge in [-0.25, -0.2) is 4.39 Å². The van der Waals surface area contributed by atoms with Crippen molar-refractivity contribution in [3.05, 3.63) is 82.7 Å². The number of rotatable bonds is 7. The lowest BCUT2D eigenvalue weighted by Crippen LogP contribution is -2.12. The number of halogens is 1. The molecular weight excluding hydrogens is 403 g/mol. The molecule has 3 aromatic carbocycles. The maximum Gasteiger partial charge on any atom is 0.134 e. The van der Waals surface area contributed by atoms with Gasteiger partial charge in [-0.2, -0.15) is 0 Å². The Morgan fingerprint density at radius 2 is 1.55 bits per heavy atom. The van der Waals surface area contributed by atoms with Gasteiger partial charge in [0.2, 0.25) is 0 Å². The van der Waals surface area contributed by atoms with Crippen LogP contribution >= 0.6 is 0 Å². The highest BCUT2D eigenvalue weighted by molar-refractivity contribution is 5.85. The molecule has 0 aliphatic heterocycles. The lowest BCUT2D eigenvalue weighted by atomic mass is 9.80. The van der Waals surface area contributed by atoms with E-state index in [1.807, 2.05) is 30.3 Å². The lowest BCUT2D eigenvalue weighted by molar-refractivity contribution is 0.278. The number of unbranched alkanes of at least 4 members (excludes halogenated alkanes) is 2. The summed E-state index contributed by atoms with van der Waals surface area (Å²) in [5.74, 6) is 8.31. The van der Waals surface area contributed by atoms with Gasteiger partial charge in [0, 0.05) is 16.5 Å². The molecule has 1 saturated carbocycles. The average molecular weight is 441 g/mol. The summed E-state index contributed by atoms with van der Waals surface area (Å²) in [6.45, 7) is 4.56. The fraction of sp³-hybridized carbons (Fsp3) is 0.438. The SMILES string of the molecule is CCCCCc1ccc2cc(C#Cc3ccc(CCC4CCC(C)CC4)cc3)ccc2c1F. The summed E-state index contributed by atoms with van der Waals surface area (Å²) in [5.41, 5.74) is 4.20. The van der Waals surface area contributed by atoms with Gasteiger partial charge in [0.15, 0.2) is 0 Å². The van der Waals surface area contributed by atoms with Gasteiger partial charge in [0.1, 0.15) is 5.82 Å². The summed E-state index contributed by atoms with van der Waals surface area (Å²) in [7, 11) is 0. The minimum Gasteiger partial charge on any atom is -0.206 e. The van der Waals surface area contributed by atoms with Gasteiger partial charge in [0.25, 0.3) is 0 Å². The number of hydrogen-bond donors (Lipinski definition) is 0. The molecule has 1 heteroatoms. The summed E-state index contributed by atoms with van der Waals surface area (Å²) in [6, 6.07) is 18.5. The van der Waals surface area contributed by atoms with Crippen molar-refractivity contribution >= 4 is 10.8 Å². The molecule has 1 aliphatic carbocycles. The van der Waals surface area contributed by atoms with Crippen molar-refractivity contribution in [1.82, 2.24) is 0 Å². The molecule has 4 rings (SSSR count). The Bertz CT molecular complexity index is 1100. The second kappa shape index (κ2) is 11.5. The predicted octanol–water partition coefficient (Wildman–Crippen LogP) is 8.87. The highest BCUT2D eigenvalue weighted by atomic mass is 19.1. The summed E-state index contributed by atoms with van der Waals surface area (Å²) in [5, 5.41) is 1.62. The predicted molar refractivity (Wildman–Crippen MR) is 139 cm³/mol. The zero-order valence-corrected chi connectivity index (χ0v) is 20.3. The maximum atomic E-state index is 14.9. The molecule has 0 unspecified atom stereocenters. The molecule has 0 heterocycles. The Labute approximate surface area is 199 Å². The van der Waals surface area contributed by atoms with Crippen LogP contribution in [0.4, 0.5) is 4.39 Å². The van der Waals surface area contributed by atoms with Gasteiger partial charge in [-0.1, -0.05) is 94.5 Å². The van der Waals surface area contributed by atoms with Crippen LogP contribution in [0, 0.1) is 29.5 Å². The van der Waals surface area contributed by atoms with E-state index in [4.69, 9.17) is 0 Å². The van der Waals surface area contributed by atoms with Crippen molar-refractivity contribution in [2.24, 2.45) is 11.8 Å². The van der Waals surface area contributed by atoms with Crippen LogP contribution in [-0.4, -0.2) is 0 Å². The summed E-state index contributed by atoms with van der Waals surface area (Å²) < 4.78 is 14.9. The van der Waals surface area contributed by atoms with Crippen LogP contribution in [0.3, 0.4) is 0 Å². The normalized spacial score (nSPS) is 18.2.